The van der Waals surface area contributed by atoms with Crippen LogP contribution in [0.25, 0.3) is 0 Å². The van der Waals surface area contributed by atoms with E-state index in [0.29, 0.717) is 6.04 Å². The number of rotatable bonds is 4. The molecule has 2 heterocycles. The van der Waals surface area contributed by atoms with E-state index in [9.17, 15) is 0 Å². The van der Waals surface area contributed by atoms with Gasteiger partial charge in [0.2, 0.25) is 0 Å². The smallest absolute Gasteiger partial charge is 0.0948 e. The minimum absolute atomic E-state index is 0.656. The highest BCUT2D eigenvalue weighted by Gasteiger charge is 2.13. The number of hydrogen-bond acceptors (Lipinski definition) is 2. The van der Waals surface area contributed by atoms with E-state index >= 15 is 0 Å². The summed E-state index contributed by atoms with van der Waals surface area (Å²) in [6.07, 6.45) is 10.3. The van der Waals surface area contributed by atoms with Crippen molar-refractivity contribution >= 4 is 0 Å². The van der Waals surface area contributed by atoms with E-state index in [1.165, 1.54) is 37.9 Å². The zero-order valence-electron chi connectivity index (χ0n) is 9.58. The van der Waals surface area contributed by atoms with Gasteiger partial charge in [-0.1, -0.05) is 19.8 Å². The molecule has 1 aromatic rings. The number of piperidine rings is 1. The predicted molar refractivity (Wildman–Crippen MR) is 61.9 cm³/mol. The third-order valence-electron chi connectivity index (χ3n) is 3.13. The normalized spacial score (nSPS) is 21.8. The number of nitrogens with zero attached hydrogens (tertiary/aromatic N) is 2. The lowest BCUT2D eigenvalue weighted by molar-refractivity contribution is 0.359. The van der Waals surface area contributed by atoms with Crippen LogP contribution in [0.15, 0.2) is 12.5 Å². The molecule has 2 rings (SSSR count). The van der Waals surface area contributed by atoms with Crippen LogP contribution in [-0.2, 0) is 13.0 Å². The summed E-state index contributed by atoms with van der Waals surface area (Å²) in [5, 5.41) is 3.58. The molecule has 15 heavy (non-hydrogen) atoms. The molecule has 0 saturated carbocycles. The van der Waals surface area contributed by atoms with Crippen LogP contribution in [0.1, 0.15) is 38.3 Å². The first-order chi connectivity index (χ1) is 7.40. The molecule has 0 aliphatic carbocycles. The van der Waals surface area contributed by atoms with Gasteiger partial charge in [-0.3, -0.25) is 0 Å². The Labute approximate surface area is 91.9 Å². The average Bonchev–Trinajstić information content (AvgIpc) is 2.68. The standard InChI is InChI=1S/C12H21N3/c1-2-5-12-8-13-10-15(12)9-11-6-3-4-7-14-11/h8,10-11,14H,2-7,9H2,1H3. The van der Waals surface area contributed by atoms with E-state index in [4.69, 9.17) is 0 Å². The van der Waals surface area contributed by atoms with Crippen LogP contribution in [0.3, 0.4) is 0 Å². The molecule has 1 aromatic heterocycles. The molecule has 1 aliphatic rings. The van der Waals surface area contributed by atoms with Gasteiger partial charge in [-0.2, -0.15) is 0 Å². The quantitative estimate of drug-likeness (QED) is 0.818. The monoisotopic (exact) mass is 207 g/mol. The maximum absolute atomic E-state index is 4.24. The van der Waals surface area contributed by atoms with Crippen LogP contribution >= 0.6 is 0 Å². The number of imidazole rings is 1. The summed E-state index contributed by atoms with van der Waals surface area (Å²) in [4.78, 5) is 4.24. The van der Waals surface area contributed by atoms with Gasteiger partial charge in [0, 0.05) is 24.5 Å². The molecular formula is C12H21N3. The van der Waals surface area contributed by atoms with Crippen molar-refractivity contribution in [3.63, 3.8) is 0 Å². The molecule has 0 bridgehead atoms. The van der Waals surface area contributed by atoms with Crippen molar-refractivity contribution < 1.29 is 0 Å². The third-order valence-corrected chi connectivity index (χ3v) is 3.13. The lowest BCUT2D eigenvalue weighted by Crippen LogP contribution is -2.37. The molecular weight excluding hydrogens is 186 g/mol. The van der Waals surface area contributed by atoms with Gasteiger partial charge in [0.25, 0.3) is 0 Å². The fourth-order valence-electron chi connectivity index (χ4n) is 2.29. The molecule has 0 radical (unpaired) electrons. The first kappa shape index (κ1) is 10.7. The van der Waals surface area contributed by atoms with E-state index in [2.05, 4.69) is 21.8 Å². The van der Waals surface area contributed by atoms with E-state index in [1.54, 1.807) is 0 Å². The Morgan fingerprint density at radius 3 is 3.20 bits per heavy atom. The summed E-state index contributed by atoms with van der Waals surface area (Å²) >= 11 is 0. The van der Waals surface area contributed by atoms with Crippen molar-refractivity contribution in [1.82, 2.24) is 14.9 Å². The van der Waals surface area contributed by atoms with Crippen molar-refractivity contribution in [2.45, 2.75) is 51.6 Å². The Bertz CT molecular complexity index is 287. The Balaban J connectivity index is 1.93. The number of hydrogen-bond donors (Lipinski definition) is 1. The second-order valence-electron chi connectivity index (χ2n) is 4.43. The molecule has 3 heteroatoms. The highest BCUT2D eigenvalue weighted by Crippen LogP contribution is 2.11. The van der Waals surface area contributed by atoms with Gasteiger partial charge in [-0.05, 0) is 25.8 Å². The third kappa shape index (κ3) is 2.81. The van der Waals surface area contributed by atoms with Gasteiger partial charge in [0.15, 0.2) is 0 Å². The van der Waals surface area contributed by atoms with Crippen molar-refractivity contribution in [1.29, 1.82) is 0 Å². The summed E-state index contributed by atoms with van der Waals surface area (Å²) in [5.41, 5.74) is 1.38. The molecule has 1 fully saturated rings. The molecule has 0 aromatic carbocycles. The highest BCUT2D eigenvalue weighted by atomic mass is 15.1. The number of aromatic nitrogens is 2. The average molecular weight is 207 g/mol. The Hall–Kier alpha value is -0.830. The van der Waals surface area contributed by atoms with E-state index in [0.717, 1.165) is 13.0 Å². The van der Waals surface area contributed by atoms with Gasteiger partial charge in [0.05, 0.1) is 6.33 Å². The first-order valence-electron chi connectivity index (χ1n) is 6.12. The zero-order valence-corrected chi connectivity index (χ0v) is 9.58. The van der Waals surface area contributed by atoms with E-state index in [1.807, 2.05) is 12.5 Å². The van der Waals surface area contributed by atoms with Crippen LogP contribution in [0.4, 0.5) is 0 Å². The number of nitrogens with one attached hydrogen (secondary N) is 1. The van der Waals surface area contributed by atoms with E-state index in [-0.39, 0.29) is 0 Å². The topological polar surface area (TPSA) is 29.9 Å². The van der Waals surface area contributed by atoms with Crippen LogP contribution < -0.4 is 5.32 Å². The van der Waals surface area contributed by atoms with Gasteiger partial charge < -0.3 is 9.88 Å². The molecule has 0 spiro atoms. The van der Waals surface area contributed by atoms with Crippen molar-refractivity contribution in [2.24, 2.45) is 0 Å². The lowest BCUT2D eigenvalue weighted by atomic mass is 10.1. The second kappa shape index (κ2) is 5.31. The molecule has 0 amide bonds. The Morgan fingerprint density at radius 2 is 2.47 bits per heavy atom. The summed E-state index contributed by atoms with van der Waals surface area (Å²) in [6, 6.07) is 0.656. The molecule has 1 N–H and O–H groups in total. The van der Waals surface area contributed by atoms with Crippen molar-refractivity contribution in [3.05, 3.63) is 18.2 Å². The van der Waals surface area contributed by atoms with Gasteiger partial charge in [-0.15, -0.1) is 0 Å². The first-order valence-corrected chi connectivity index (χ1v) is 6.12. The van der Waals surface area contributed by atoms with Crippen molar-refractivity contribution in [3.8, 4) is 0 Å². The zero-order chi connectivity index (χ0) is 10.5. The summed E-state index contributed by atoms with van der Waals surface area (Å²) in [5.74, 6) is 0. The Morgan fingerprint density at radius 1 is 1.53 bits per heavy atom. The van der Waals surface area contributed by atoms with Crippen LogP contribution in [0.2, 0.25) is 0 Å². The van der Waals surface area contributed by atoms with Crippen molar-refractivity contribution in [2.75, 3.05) is 6.54 Å². The summed E-state index contributed by atoms with van der Waals surface area (Å²) < 4.78 is 2.31. The molecule has 1 unspecified atom stereocenters. The minimum Gasteiger partial charge on any atom is -0.333 e. The van der Waals surface area contributed by atoms with Gasteiger partial charge in [-0.25, -0.2) is 4.98 Å². The SMILES string of the molecule is CCCc1cncn1CC1CCCCN1. The second-order valence-corrected chi connectivity index (χ2v) is 4.43. The maximum Gasteiger partial charge on any atom is 0.0948 e. The molecule has 3 nitrogen and oxygen atoms in total. The maximum atomic E-state index is 4.24. The molecule has 1 atom stereocenters. The van der Waals surface area contributed by atoms with E-state index < -0.39 is 0 Å². The minimum atomic E-state index is 0.656. The number of aryl methyl sites for hydroxylation is 1. The highest BCUT2D eigenvalue weighted by molar-refractivity contribution is 4.99. The fraction of sp³-hybridized carbons (Fsp3) is 0.750. The van der Waals surface area contributed by atoms with Crippen LogP contribution in [0, 0.1) is 0 Å². The van der Waals surface area contributed by atoms with Crippen LogP contribution in [-0.4, -0.2) is 22.1 Å². The molecule has 1 saturated heterocycles. The summed E-state index contributed by atoms with van der Waals surface area (Å²) in [6.45, 7) is 4.49. The molecule has 1 aliphatic heterocycles. The fourth-order valence-corrected chi connectivity index (χ4v) is 2.29. The Kier molecular flexibility index (Phi) is 3.78. The lowest BCUT2D eigenvalue weighted by Gasteiger charge is -2.24. The molecule has 84 valence electrons. The predicted octanol–water partition coefficient (Wildman–Crippen LogP) is 1.98. The van der Waals surface area contributed by atoms with Gasteiger partial charge in [0.1, 0.15) is 0 Å². The summed E-state index contributed by atoms with van der Waals surface area (Å²) in [7, 11) is 0. The van der Waals surface area contributed by atoms with Crippen LogP contribution in [0.5, 0.6) is 0 Å². The largest absolute Gasteiger partial charge is 0.333 e. The van der Waals surface area contributed by atoms with Gasteiger partial charge >= 0.3 is 0 Å².